The van der Waals surface area contributed by atoms with Crippen LogP contribution in [0.4, 0.5) is 0 Å². The second kappa shape index (κ2) is 7.15. The maximum absolute atomic E-state index is 12.1. The fraction of sp³-hybridized carbons (Fsp3) is 0.125. The number of carbonyl (C=O) groups excluding carboxylic acids is 1. The van der Waals surface area contributed by atoms with Crippen molar-refractivity contribution in [2.75, 3.05) is 6.54 Å². The normalized spacial score (nSPS) is 10.5. The highest BCUT2D eigenvalue weighted by Gasteiger charge is 2.11. The van der Waals surface area contributed by atoms with Gasteiger partial charge in [0.25, 0.3) is 5.91 Å². The third kappa shape index (κ3) is 3.81. The first-order valence-electron chi connectivity index (χ1n) is 6.99. The summed E-state index contributed by atoms with van der Waals surface area (Å²) in [5.74, 6) is 0.773. The number of halogens is 1. The van der Waals surface area contributed by atoms with E-state index in [-0.39, 0.29) is 5.91 Å². The molecule has 7 heteroatoms. The van der Waals surface area contributed by atoms with Gasteiger partial charge in [-0.05, 0) is 40.2 Å². The van der Waals surface area contributed by atoms with Crippen LogP contribution in [0.1, 0.15) is 16.2 Å². The zero-order valence-electron chi connectivity index (χ0n) is 12.1. The third-order valence-corrected chi connectivity index (χ3v) is 3.83. The Morgan fingerprint density at radius 3 is 2.70 bits per heavy atom. The summed E-state index contributed by atoms with van der Waals surface area (Å²) in [6.07, 6.45) is 3.79. The van der Waals surface area contributed by atoms with E-state index in [1.54, 1.807) is 30.6 Å². The molecule has 0 radical (unpaired) electrons. The number of rotatable bonds is 5. The summed E-state index contributed by atoms with van der Waals surface area (Å²) in [5, 5.41) is 10.8. The van der Waals surface area contributed by atoms with Crippen LogP contribution in [0.15, 0.2) is 57.7 Å². The van der Waals surface area contributed by atoms with Crippen molar-refractivity contribution < 1.29 is 9.21 Å². The van der Waals surface area contributed by atoms with Gasteiger partial charge in [-0.25, -0.2) is 0 Å². The van der Waals surface area contributed by atoms with E-state index in [0.717, 1.165) is 10.0 Å². The van der Waals surface area contributed by atoms with Crippen molar-refractivity contribution in [1.29, 1.82) is 0 Å². The van der Waals surface area contributed by atoms with E-state index in [1.807, 2.05) is 18.2 Å². The molecule has 23 heavy (non-hydrogen) atoms. The van der Waals surface area contributed by atoms with Crippen LogP contribution in [-0.2, 0) is 6.42 Å². The topological polar surface area (TPSA) is 80.9 Å². The summed E-state index contributed by atoms with van der Waals surface area (Å²) in [5.41, 5.74) is 1.41. The molecule has 1 amide bonds. The van der Waals surface area contributed by atoms with Gasteiger partial charge >= 0.3 is 0 Å². The molecule has 0 saturated heterocycles. The van der Waals surface area contributed by atoms with Gasteiger partial charge in [0.15, 0.2) is 0 Å². The van der Waals surface area contributed by atoms with Gasteiger partial charge in [-0.3, -0.25) is 9.78 Å². The lowest BCUT2D eigenvalue weighted by molar-refractivity contribution is 0.0953. The second-order valence-electron chi connectivity index (χ2n) is 4.72. The quantitative estimate of drug-likeness (QED) is 0.744. The van der Waals surface area contributed by atoms with Gasteiger partial charge in [0.2, 0.25) is 11.8 Å². The molecule has 0 atom stereocenters. The average molecular weight is 373 g/mol. The molecule has 0 unspecified atom stereocenters. The third-order valence-electron chi connectivity index (χ3n) is 3.14. The van der Waals surface area contributed by atoms with Crippen molar-refractivity contribution in [2.45, 2.75) is 6.42 Å². The number of amides is 1. The first-order chi connectivity index (χ1) is 11.2. The minimum Gasteiger partial charge on any atom is -0.421 e. The van der Waals surface area contributed by atoms with Crippen LogP contribution < -0.4 is 5.32 Å². The van der Waals surface area contributed by atoms with E-state index in [2.05, 4.69) is 36.4 Å². The highest BCUT2D eigenvalue weighted by molar-refractivity contribution is 9.10. The molecule has 0 saturated carbocycles. The van der Waals surface area contributed by atoms with Crippen molar-refractivity contribution in [3.8, 4) is 11.5 Å². The van der Waals surface area contributed by atoms with Crippen molar-refractivity contribution in [2.24, 2.45) is 0 Å². The lowest BCUT2D eigenvalue weighted by Gasteiger charge is -2.05. The van der Waals surface area contributed by atoms with Crippen LogP contribution in [0.2, 0.25) is 0 Å². The number of aromatic nitrogens is 3. The Morgan fingerprint density at radius 1 is 1.13 bits per heavy atom. The Kier molecular flexibility index (Phi) is 4.77. The number of nitrogens with zero attached hydrogens (tertiary/aromatic N) is 3. The van der Waals surface area contributed by atoms with Gasteiger partial charge in [0, 0.05) is 35.4 Å². The summed E-state index contributed by atoms with van der Waals surface area (Å²) >= 11 is 3.36. The monoisotopic (exact) mass is 372 g/mol. The predicted octanol–water partition coefficient (Wildman–Crippen LogP) is 2.87. The molecule has 2 heterocycles. The SMILES string of the molecule is O=C(NCCc1nnc(-c2ccncc2)o1)c1ccccc1Br. The van der Waals surface area contributed by atoms with Gasteiger partial charge in [-0.15, -0.1) is 10.2 Å². The molecule has 0 aliphatic carbocycles. The molecule has 0 spiro atoms. The second-order valence-corrected chi connectivity index (χ2v) is 5.58. The Bertz CT molecular complexity index is 805. The van der Waals surface area contributed by atoms with Gasteiger partial charge in [-0.1, -0.05) is 12.1 Å². The van der Waals surface area contributed by atoms with Crippen molar-refractivity contribution >= 4 is 21.8 Å². The zero-order chi connectivity index (χ0) is 16.1. The molecule has 1 aromatic carbocycles. The minimum atomic E-state index is -0.147. The van der Waals surface area contributed by atoms with Crippen LogP contribution in [0.3, 0.4) is 0 Å². The van der Waals surface area contributed by atoms with Gasteiger partial charge in [0.05, 0.1) is 5.56 Å². The fourth-order valence-corrected chi connectivity index (χ4v) is 2.45. The van der Waals surface area contributed by atoms with Gasteiger partial charge in [-0.2, -0.15) is 0 Å². The number of hydrogen-bond donors (Lipinski definition) is 1. The summed E-state index contributed by atoms with van der Waals surface area (Å²) in [4.78, 5) is 16.0. The first kappa shape index (κ1) is 15.4. The van der Waals surface area contributed by atoms with Crippen LogP contribution in [0, 0.1) is 0 Å². The largest absolute Gasteiger partial charge is 0.421 e. The summed E-state index contributed by atoms with van der Waals surface area (Å²) in [6.45, 7) is 0.415. The minimum absolute atomic E-state index is 0.147. The smallest absolute Gasteiger partial charge is 0.252 e. The van der Waals surface area contributed by atoms with E-state index >= 15 is 0 Å². The van der Waals surface area contributed by atoms with Crippen molar-refractivity contribution in [1.82, 2.24) is 20.5 Å². The molecule has 0 fully saturated rings. The maximum atomic E-state index is 12.1. The van der Waals surface area contributed by atoms with Gasteiger partial charge < -0.3 is 9.73 Å². The predicted molar refractivity (Wildman–Crippen MR) is 87.7 cm³/mol. The maximum Gasteiger partial charge on any atom is 0.252 e. The Morgan fingerprint density at radius 2 is 1.91 bits per heavy atom. The molecule has 3 rings (SSSR count). The van der Waals surface area contributed by atoms with Crippen LogP contribution >= 0.6 is 15.9 Å². The molecule has 3 aromatic rings. The zero-order valence-corrected chi connectivity index (χ0v) is 13.7. The highest BCUT2D eigenvalue weighted by Crippen LogP contribution is 2.17. The van der Waals surface area contributed by atoms with E-state index in [9.17, 15) is 4.79 Å². The molecule has 6 nitrogen and oxygen atoms in total. The molecular formula is C16H13BrN4O2. The lowest BCUT2D eigenvalue weighted by Crippen LogP contribution is -2.26. The Balaban J connectivity index is 1.56. The highest BCUT2D eigenvalue weighted by atomic mass is 79.9. The summed E-state index contributed by atoms with van der Waals surface area (Å²) < 4.78 is 6.33. The first-order valence-corrected chi connectivity index (χ1v) is 7.79. The Labute approximate surface area is 141 Å². The van der Waals surface area contributed by atoms with E-state index in [4.69, 9.17) is 4.42 Å². The molecule has 2 aromatic heterocycles. The molecule has 0 aliphatic heterocycles. The van der Waals surface area contributed by atoms with Gasteiger partial charge in [0.1, 0.15) is 0 Å². The molecular weight excluding hydrogens is 360 g/mol. The molecule has 0 aliphatic rings. The van der Waals surface area contributed by atoms with Crippen LogP contribution in [-0.4, -0.2) is 27.6 Å². The summed E-state index contributed by atoms with van der Waals surface area (Å²) in [7, 11) is 0. The number of pyridine rings is 1. The summed E-state index contributed by atoms with van der Waals surface area (Å²) in [6, 6.07) is 10.9. The number of nitrogens with one attached hydrogen (secondary N) is 1. The Hall–Kier alpha value is -2.54. The number of carbonyl (C=O) groups is 1. The number of benzene rings is 1. The van der Waals surface area contributed by atoms with E-state index in [1.165, 1.54) is 0 Å². The molecule has 0 bridgehead atoms. The molecule has 116 valence electrons. The number of hydrogen-bond acceptors (Lipinski definition) is 5. The standard InChI is InChI=1S/C16H13BrN4O2/c17-13-4-2-1-3-12(13)15(22)19-10-7-14-20-21-16(23-14)11-5-8-18-9-6-11/h1-6,8-9H,7,10H2,(H,19,22). The lowest BCUT2D eigenvalue weighted by atomic mass is 10.2. The molecule has 1 N–H and O–H groups in total. The van der Waals surface area contributed by atoms with Crippen LogP contribution in [0.25, 0.3) is 11.5 Å². The van der Waals surface area contributed by atoms with E-state index in [0.29, 0.717) is 30.3 Å². The van der Waals surface area contributed by atoms with Crippen molar-refractivity contribution in [3.63, 3.8) is 0 Å². The fourth-order valence-electron chi connectivity index (χ4n) is 1.99. The average Bonchev–Trinajstić information content (AvgIpc) is 3.05. The van der Waals surface area contributed by atoms with Crippen molar-refractivity contribution in [3.05, 3.63) is 64.7 Å². The van der Waals surface area contributed by atoms with E-state index < -0.39 is 0 Å². The van der Waals surface area contributed by atoms with Crippen LogP contribution in [0.5, 0.6) is 0 Å².